The van der Waals surface area contributed by atoms with Crippen molar-refractivity contribution in [2.75, 3.05) is 0 Å². The Bertz CT molecular complexity index is 1200. The van der Waals surface area contributed by atoms with Crippen molar-refractivity contribution in [3.63, 3.8) is 0 Å². The van der Waals surface area contributed by atoms with E-state index in [1.54, 1.807) is 0 Å². The first-order valence-corrected chi connectivity index (χ1v) is 10.3. The molecule has 0 amide bonds. The molecule has 0 saturated heterocycles. The molecule has 4 rings (SSSR count). The molecule has 146 valence electrons. The quantitative estimate of drug-likeness (QED) is 0.283. The molecule has 3 aromatic heterocycles. The summed E-state index contributed by atoms with van der Waals surface area (Å²) in [6, 6.07) is 11.0. The molecule has 0 aliphatic carbocycles. The van der Waals surface area contributed by atoms with Gasteiger partial charge in [0.2, 0.25) is 0 Å². The Morgan fingerprint density at radius 3 is 2.86 bits per heavy atom. The molecule has 1 aromatic carbocycles. The van der Waals surface area contributed by atoms with E-state index in [2.05, 4.69) is 78.0 Å². The molecule has 29 heavy (non-hydrogen) atoms. The minimum absolute atomic E-state index is 0.930. The predicted molar refractivity (Wildman–Crippen MR) is 123 cm³/mol. The molecule has 0 aliphatic rings. The average molecular weight is 382 g/mol. The summed E-state index contributed by atoms with van der Waals surface area (Å²) in [6.07, 6.45) is 14.2. The second-order valence-electron chi connectivity index (χ2n) is 7.64. The van der Waals surface area contributed by atoms with Gasteiger partial charge in [-0.3, -0.25) is 4.98 Å². The highest BCUT2D eigenvalue weighted by Gasteiger charge is 2.11. The number of rotatable bonds is 7. The third-order valence-electron chi connectivity index (χ3n) is 5.56. The number of hydrogen-bond acceptors (Lipinski definition) is 2. The van der Waals surface area contributed by atoms with Crippen LogP contribution in [0.15, 0.2) is 73.2 Å². The van der Waals surface area contributed by atoms with Gasteiger partial charge in [-0.2, -0.15) is 0 Å². The van der Waals surface area contributed by atoms with E-state index >= 15 is 0 Å². The minimum atomic E-state index is 0.930. The predicted octanol–water partition coefficient (Wildman–Crippen LogP) is 6.80. The van der Waals surface area contributed by atoms with Crippen LogP contribution in [0.25, 0.3) is 33.1 Å². The van der Waals surface area contributed by atoms with Crippen molar-refractivity contribution in [3.8, 4) is 11.1 Å². The maximum atomic E-state index is 4.64. The van der Waals surface area contributed by atoms with Crippen molar-refractivity contribution in [2.45, 2.75) is 39.5 Å². The number of aromatic nitrogens is 3. The molecule has 0 spiro atoms. The van der Waals surface area contributed by atoms with E-state index in [9.17, 15) is 0 Å². The molecule has 0 unspecified atom stereocenters. The minimum Gasteiger partial charge on any atom is -0.346 e. The number of aryl methyl sites for hydroxylation is 1. The van der Waals surface area contributed by atoms with Gasteiger partial charge in [0, 0.05) is 34.9 Å². The summed E-state index contributed by atoms with van der Waals surface area (Å²) in [4.78, 5) is 12.5. The van der Waals surface area contributed by atoms with Gasteiger partial charge in [0.15, 0.2) is 0 Å². The molecular formula is C26H27N3. The summed E-state index contributed by atoms with van der Waals surface area (Å²) in [5.74, 6) is 0. The Morgan fingerprint density at radius 2 is 2.03 bits per heavy atom. The van der Waals surface area contributed by atoms with Crippen molar-refractivity contribution < 1.29 is 0 Å². The van der Waals surface area contributed by atoms with Crippen LogP contribution in [0.5, 0.6) is 0 Å². The smallest absolute Gasteiger partial charge is 0.137 e. The third kappa shape index (κ3) is 4.00. The third-order valence-corrected chi connectivity index (χ3v) is 5.56. The monoisotopic (exact) mass is 381 g/mol. The van der Waals surface area contributed by atoms with Crippen LogP contribution in [-0.2, 0) is 12.8 Å². The summed E-state index contributed by atoms with van der Waals surface area (Å²) in [5, 5.41) is 2.40. The fraction of sp³-hybridized carbons (Fsp3) is 0.231. The van der Waals surface area contributed by atoms with Gasteiger partial charge < -0.3 is 4.98 Å². The van der Waals surface area contributed by atoms with Gasteiger partial charge in [0.1, 0.15) is 5.65 Å². The molecule has 0 saturated carbocycles. The van der Waals surface area contributed by atoms with Gasteiger partial charge in [0.05, 0.1) is 5.52 Å². The lowest BCUT2D eigenvalue weighted by molar-refractivity contribution is 0.848. The fourth-order valence-electron chi connectivity index (χ4n) is 3.83. The van der Waals surface area contributed by atoms with Crippen molar-refractivity contribution in [2.24, 2.45) is 0 Å². The van der Waals surface area contributed by atoms with Gasteiger partial charge in [-0.05, 0) is 80.5 Å². The van der Waals surface area contributed by atoms with E-state index in [0.717, 1.165) is 36.8 Å². The lowest BCUT2D eigenvalue weighted by atomic mass is 9.98. The SMILES string of the molecule is C=CCCCc1ccnc2ccc(-c3c[nH]c4ncc(CC(C)=CC)cc34)cc12. The van der Waals surface area contributed by atoms with E-state index in [-0.39, 0.29) is 0 Å². The van der Waals surface area contributed by atoms with Crippen LogP contribution in [0.1, 0.15) is 37.8 Å². The lowest BCUT2D eigenvalue weighted by Crippen LogP contribution is -1.91. The number of benzene rings is 1. The van der Waals surface area contributed by atoms with Gasteiger partial charge in [-0.1, -0.05) is 23.8 Å². The van der Waals surface area contributed by atoms with Crippen molar-refractivity contribution in [1.29, 1.82) is 0 Å². The van der Waals surface area contributed by atoms with Crippen molar-refractivity contribution in [1.82, 2.24) is 15.0 Å². The molecule has 1 N–H and O–H groups in total. The van der Waals surface area contributed by atoms with Crippen LogP contribution < -0.4 is 0 Å². The zero-order chi connectivity index (χ0) is 20.2. The number of nitrogens with one attached hydrogen (secondary N) is 1. The Morgan fingerprint density at radius 1 is 1.14 bits per heavy atom. The maximum absolute atomic E-state index is 4.64. The van der Waals surface area contributed by atoms with E-state index in [4.69, 9.17) is 0 Å². The highest BCUT2D eigenvalue weighted by Crippen LogP contribution is 2.31. The van der Waals surface area contributed by atoms with Crippen LogP contribution in [-0.4, -0.2) is 15.0 Å². The zero-order valence-corrected chi connectivity index (χ0v) is 17.2. The second kappa shape index (κ2) is 8.44. The highest BCUT2D eigenvalue weighted by molar-refractivity contribution is 5.97. The van der Waals surface area contributed by atoms with Gasteiger partial charge in [-0.15, -0.1) is 6.58 Å². The summed E-state index contributed by atoms with van der Waals surface area (Å²) in [6.45, 7) is 8.08. The molecule has 3 nitrogen and oxygen atoms in total. The number of pyridine rings is 2. The fourth-order valence-corrected chi connectivity index (χ4v) is 3.83. The number of H-pyrrole nitrogens is 1. The highest BCUT2D eigenvalue weighted by atomic mass is 14.8. The zero-order valence-electron chi connectivity index (χ0n) is 17.2. The average Bonchev–Trinajstić information content (AvgIpc) is 3.17. The second-order valence-corrected chi connectivity index (χ2v) is 7.64. The Kier molecular flexibility index (Phi) is 5.57. The van der Waals surface area contributed by atoms with E-state index < -0.39 is 0 Å². The Hall–Kier alpha value is -3.20. The summed E-state index contributed by atoms with van der Waals surface area (Å²) in [7, 11) is 0. The van der Waals surface area contributed by atoms with E-state index in [1.165, 1.54) is 38.6 Å². The van der Waals surface area contributed by atoms with Crippen LogP contribution in [0, 0.1) is 0 Å². The maximum Gasteiger partial charge on any atom is 0.137 e. The molecule has 0 atom stereocenters. The molecular weight excluding hydrogens is 354 g/mol. The van der Waals surface area contributed by atoms with Gasteiger partial charge >= 0.3 is 0 Å². The van der Waals surface area contributed by atoms with E-state index in [1.807, 2.05) is 18.5 Å². The summed E-state index contributed by atoms with van der Waals surface area (Å²) in [5.41, 5.74) is 8.30. The molecule has 0 aliphatic heterocycles. The van der Waals surface area contributed by atoms with Crippen LogP contribution in [0.4, 0.5) is 0 Å². The first-order chi connectivity index (χ1) is 14.2. The first-order valence-electron chi connectivity index (χ1n) is 10.3. The van der Waals surface area contributed by atoms with Crippen molar-refractivity contribution in [3.05, 3.63) is 84.4 Å². The molecule has 0 radical (unpaired) electrons. The molecule has 3 heterocycles. The first kappa shape index (κ1) is 19.1. The lowest BCUT2D eigenvalue weighted by Gasteiger charge is -2.08. The number of allylic oxidation sites excluding steroid dienone is 3. The number of nitrogens with zero attached hydrogens (tertiary/aromatic N) is 2. The summed E-state index contributed by atoms with van der Waals surface area (Å²) < 4.78 is 0. The topological polar surface area (TPSA) is 41.6 Å². The van der Waals surface area contributed by atoms with Gasteiger partial charge in [-0.25, -0.2) is 4.98 Å². The molecule has 4 aromatic rings. The largest absolute Gasteiger partial charge is 0.346 e. The number of hydrogen-bond donors (Lipinski definition) is 1. The van der Waals surface area contributed by atoms with E-state index in [0.29, 0.717) is 0 Å². The van der Waals surface area contributed by atoms with Crippen LogP contribution >= 0.6 is 0 Å². The molecule has 3 heteroatoms. The molecule has 0 bridgehead atoms. The van der Waals surface area contributed by atoms with Crippen molar-refractivity contribution >= 4 is 21.9 Å². The van der Waals surface area contributed by atoms with Crippen LogP contribution in [0.3, 0.4) is 0 Å². The Labute approximate surface area is 172 Å². The van der Waals surface area contributed by atoms with Gasteiger partial charge in [0.25, 0.3) is 0 Å². The standard InChI is InChI=1S/C26H27N3/c1-4-6-7-8-20-11-12-27-25-10-9-21(15-22(20)25)24-17-29-26-23(24)14-19(16-28-26)13-18(3)5-2/h4-5,9-12,14-17H,1,6-8,13H2,2-3H3,(H,28,29). The number of unbranched alkanes of at least 4 members (excludes halogenated alkanes) is 1. The molecule has 0 fully saturated rings. The van der Waals surface area contributed by atoms with Crippen LogP contribution in [0.2, 0.25) is 0 Å². The summed E-state index contributed by atoms with van der Waals surface area (Å²) >= 11 is 0. The number of fused-ring (bicyclic) bond motifs is 2. The number of aromatic amines is 1. The Balaban J connectivity index is 1.77. The normalized spacial score (nSPS) is 12.0.